The number of hydrogen-bond acceptors (Lipinski definition) is 8. The maximum atomic E-state index is 10.8. The number of nitrogens with zero attached hydrogens (tertiary/aromatic N) is 5. The fourth-order valence-corrected chi connectivity index (χ4v) is 2.44. The SMILES string of the molecule is CN(C)CCNc1nc(Nc2ccc([N+](=O)[O-])cc2)cc(-c2ccccn2)n1. The molecule has 1 aromatic carbocycles. The zero-order valence-corrected chi connectivity index (χ0v) is 15.7. The molecule has 0 bridgehead atoms. The van der Waals surface area contributed by atoms with Crippen LogP contribution < -0.4 is 10.6 Å². The molecule has 3 aromatic rings. The van der Waals surface area contributed by atoms with E-state index in [2.05, 4.69) is 30.5 Å². The molecule has 0 saturated heterocycles. The van der Waals surface area contributed by atoms with E-state index in [0.29, 0.717) is 29.7 Å². The van der Waals surface area contributed by atoms with Gasteiger partial charge in [-0.05, 0) is 38.4 Å². The fraction of sp³-hybridized carbons (Fsp3) is 0.211. The molecule has 0 spiro atoms. The van der Waals surface area contributed by atoms with Crippen molar-refractivity contribution in [2.45, 2.75) is 0 Å². The van der Waals surface area contributed by atoms with E-state index in [-0.39, 0.29) is 5.69 Å². The number of anilines is 3. The van der Waals surface area contributed by atoms with Crippen LogP contribution in [0.5, 0.6) is 0 Å². The van der Waals surface area contributed by atoms with Crippen molar-refractivity contribution in [3.05, 3.63) is 64.8 Å². The smallest absolute Gasteiger partial charge is 0.269 e. The summed E-state index contributed by atoms with van der Waals surface area (Å²) >= 11 is 0. The highest BCUT2D eigenvalue weighted by molar-refractivity contribution is 5.65. The van der Waals surface area contributed by atoms with Gasteiger partial charge in [-0.15, -0.1) is 0 Å². The first-order valence-corrected chi connectivity index (χ1v) is 8.72. The topological polar surface area (TPSA) is 109 Å². The maximum Gasteiger partial charge on any atom is 0.269 e. The van der Waals surface area contributed by atoms with Gasteiger partial charge in [-0.1, -0.05) is 6.07 Å². The Morgan fingerprint density at radius 3 is 2.50 bits per heavy atom. The zero-order chi connectivity index (χ0) is 19.9. The van der Waals surface area contributed by atoms with Gasteiger partial charge in [0.25, 0.3) is 5.69 Å². The number of likely N-dealkylation sites (N-methyl/N-ethyl adjacent to an activating group) is 1. The second-order valence-electron chi connectivity index (χ2n) is 6.34. The van der Waals surface area contributed by atoms with Crippen molar-refractivity contribution in [2.75, 3.05) is 37.8 Å². The Labute approximate surface area is 162 Å². The quantitative estimate of drug-likeness (QED) is 0.454. The summed E-state index contributed by atoms with van der Waals surface area (Å²) in [4.78, 5) is 25.8. The molecule has 0 aliphatic rings. The van der Waals surface area contributed by atoms with Crippen molar-refractivity contribution in [3.63, 3.8) is 0 Å². The van der Waals surface area contributed by atoms with E-state index in [9.17, 15) is 10.1 Å². The minimum absolute atomic E-state index is 0.0356. The number of nitro benzene ring substituents is 1. The summed E-state index contributed by atoms with van der Waals surface area (Å²) in [5.74, 6) is 1.05. The predicted molar refractivity (Wildman–Crippen MR) is 109 cm³/mol. The van der Waals surface area contributed by atoms with Gasteiger partial charge >= 0.3 is 0 Å². The number of pyridine rings is 1. The highest BCUT2D eigenvalue weighted by Gasteiger charge is 2.09. The predicted octanol–water partition coefficient (Wildman–Crippen LogP) is 3.16. The Morgan fingerprint density at radius 1 is 1.07 bits per heavy atom. The number of nitro groups is 1. The molecule has 2 aromatic heterocycles. The molecule has 3 rings (SSSR count). The Bertz CT molecular complexity index is 931. The summed E-state index contributed by atoms with van der Waals surface area (Å²) < 4.78 is 0. The molecule has 0 atom stereocenters. The highest BCUT2D eigenvalue weighted by Crippen LogP contribution is 2.23. The average Bonchev–Trinajstić information content (AvgIpc) is 2.68. The standard InChI is InChI=1S/C19H21N7O2/c1-25(2)12-11-21-19-23-17(16-5-3-4-10-20-16)13-18(24-19)22-14-6-8-15(9-7-14)26(27)28/h3-10,13H,11-12H2,1-2H3,(H2,21,22,23,24). The average molecular weight is 379 g/mol. The van der Waals surface area contributed by atoms with Crippen LogP contribution in [-0.4, -0.2) is 52.0 Å². The second-order valence-corrected chi connectivity index (χ2v) is 6.34. The van der Waals surface area contributed by atoms with Crippen molar-refractivity contribution in [1.82, 2.24) is 19.9 Å². The molecule has 0 aliphatic heterocycles. The molecule has 0 amide bonds. The lowest BCUT2D eigenvalue weighted by molar-refractivity contribution is -0.384. The van der Waals surface area contributed by atoms with Crippen LogP contribution in [0.1, 0.15) is 0 Å². The molecule has 0 radical (unpaired) electrons. The number of benzene rings is 1. The Kier molecular flexibility index (Phi) is 6.07. The first kappa shape index (κ1) is 19.2. The third kappa shape index (κ3) is 5.21. The van der Waals surface area contributed by atoms with Gasteiger partial charge in [0.2, 0.25) is 5.95 Å². The molecule has 0 fully saturated rings. The van der Waals surface area contributed by atoms with Crippen LogP contribution in [0.25, 0.3) is 11.4 Å². The minimum Gasteiger partial charge on any atom is -0.353 e. The fourth-order valence-electron chi connectivity index (χ4n) is 2.44. The van der Waals surface area contributed by atoms with E-state index < -0.39 is 4.92 Å². The molecular weight excluding hydrogens is 358 g/mol. The van der Waals surface area contributed by atoms with Crippen molar-refractivity contribution in [3.8, 4) is 11.4 Å². The van der Waals surface area contributed by atoms with Crippen LogP contribution in [0.15, 0.2) is 54.7 Å². The van der Waals surface area contributed by atoms with Crippen LogP contribution >= 0.6 is 0 Å². The lowest BCUT2D eigenvalue weighted by atomic mass is 10.2. The number of aromatic nitrogens is 3. The van der Waals surface area contributed by atoms with Crippen LogP contribution in [0.4, 0.5) is 23.1 Å². The van der Waals surface area contributed by atoms with Gasteiger partial charge in [-0.3, -0.25) is 15.1 Å². The van der Waals surface area contributed by atoms with Crippen LogP contribution in [0, 0.1) is 10.1 Å². The van der Waals surface area contributed by atoms with Crippen molar-refractivity contribution in [1.29, 1.82) is 0 Å². The molecular formula is C19H21N7O2. The lowest BCUT2D eigenvalue weighted by Gasteiger charge is -2.13. The molecule has 0 aliphatic carbocycles. The van der Waals surface area contributed by atoms with Crippen molar-refractivity contribution < 1.29 is 4.92 Å². The van der Waals surface area contributed by atoms with Crippen LogP contribution in [0.3, 0.4) is 0 Å². The summed E-state index contributed by atoms with van der Waals surface area (Å²) in [6.45, 7) is 1.53. The van der Waals surface area contributed by atoms with Crippen LogP contribution in [-0.2, 0) is 0 Å². The molecule has 144 valence electrons. The minimum atomic E-state index is -0.430. The van der Waals surface area contributed by atoms with Gasteiger partial charge in [-0.2, -0.15) is 4.98 Å². The first-order valence-electron chi connectivity index (χ1n) is 8.72. The zero-order valence-electron chi connectivity index (χ0n) is 15.7. The summed E-state index contributed by atoms with van der Waals surface area (Å²) in [7, 11) is 3.99. The molecule has 2 heterocycles. The summed E-state index contributed by atoms with van der Waals surface area (Å²) in [6, 6.07) is 13.6. The Hall–Kier alpha value is -3.59. The molecule has 2 N–H and O–H groups in total. The normalized spacial score (nSPS) is 10.7. The molecule has 9 nitrogen and oxygen atoms in total. The van der Waals surface area contributed by atoms with E-state index in [0.717, 1.165) is 12.2 Å². The first-order chi connectivity index (χ1) is 13.5. The third-order valence-electron chi connectivity index (χ3n) is 3.85. The Morgan fingerprint density at radius 2 is 1.86 bits per heavy atom. The molecule has 0 saturated carbocycles. The lowest BCUT2D eigenvalue weighted by Crippen LogP contribution is -2.21. The van der Waals surface area contributed by atoms with Gasteiger partial charge in [0, 0.05) is 43.2 Å². The second kappa shape index (κ2) is 8.87. The summed E-state index contributed by atoms with van der Waals surface area (Å²) in [5, 5.41) is 17.2. The van der Waals surface area contributed by atoms with E-state index in [1.54, 1.807) is 24.4 Å². The molecule has 0 unspecified atom stereocenters. The van der Waals surface area contributed by atoms with Crippen molar-refractivity contribution in [2.24, 2.45) is 0 Å². The van der Waals surface area contributed by atoms with E-state index in [4.69, 9.17) is 0 Å². The number of non-ortho nitro benzene ring substituents is 1. The maximum absolute atomic E-state index is 10.8. The number of hydrogen-bond donors (Lipinski definition) is 2. The number of rotatable bonds is 8. The van der Waals surface area contributed by atoms with E-state index >= 15 is 0 Å². The highest BCUT2D eigenvalue weighted by atomic mass is 16.6. The van der Waals surface area contributed by atoms with Crippen LogP contribution in [0.2, 0.25) is 0 Å². The summed E-state index contributed by atoms with van der Waals surface area (Å²) in [6.07, 6.45) is 1.71. The Balaban J connectivity index is 1.86. The van der Waals surface area contributed by atoms with Gasteiger partial charge in [-0.25, -0.2) is 4.98 Å². The number of nitrogens with one attached hydrogen (secondary N) is 2. The monoisotopic (exact) mass is 379 g/mol. The van der Waals surface area contributed by atoms with Gasteiger partial charge < -0.3 is 15.5 Å². The van der Waals surface area contributed by atoms with E-state index in [1.165, 1.54) is 12.1 Å². The van der Waals surface area contributed by atoms with Gasteiger partial charge in [0.05, 0.1) is 16.3 Å². The van der Waals surface area contributed by atoms with Gasteiger partial charge in [0.15, 0.2) is 0 Å². The van der Waals surface area contributed by atoms with Crippen molar-refractivity contribution >= 4 is 23.1 Å². The summed E-state index contributed by atoms with van der Waals surface area (Å²) in [5.41, 5.74) is 2.13. The third-order valence-corrected chi connectivity index (χ3v) is 3.85. The molecule has 9 heteroatoms. The largest absolute Gasteiger partial charge is 0.353 e. The van der Waals surface area contributed by atoms with E-state index in [1.807, 2.05) is 32.3 Å². The molecule has 28 heavy (non-hydrogen) atoms. The van der Waals surface area contributed by atoms with Gasteiger partial charge in [0.1, 0.15) is 5.82 Å².